The van der Waals surface area contributed by atoms with Crippen LogP contribution < -0.4 is 20.5 Å². The number of ether oxygens (including phenoxy) is 2. The lowest BCUT2D eigenvalue weighted by molar-refractivity contribution is 0.102. The molecule has 0 radical (unpaired) electrons. The molecule has 0 spiro atoms. The summed E-state index contributed by atoms with van der Waals surface area (Å²) < 4.78 is 10.2. The highest BCUT2D eigenvalue weighted by Gasteiger charge is 2.10. The van der Waals surface area contributed by atoms with E-state index < -0.39 is 0 Å². The normalized spacial score (nSPS) is 10.0. The molecule has 0 saturated carbocycles. The lowest BCUT2D eigenvalue weighted by Crippen LogP contribution is -2.12. The van der Waals surface area contributed by atoms with E-state index in [1.165, 1.54) is 14.2 Å². The van der Waals surface area contributed by atoms with E-state index in [0.29, 0.717) is 33.5 Å². The second-order valence-corrected chi connectivity index (χ2v) is 4.71. The molecule has 0 saturated heterocycles. The summed E-state index contributed by atoms with van der Waals surface area (Å²) in [5.41, 5.74) is 7.16. The predicted octanol–water partition coefficient (Wildman–Crippen LogP) is 3.19. The van der Waals surface area contributed by atoms with Crippen molar-refractivity contribution in [1.82, 2.24) is 0 Å². The van der Waals surface area contributed by atoms with Gasteiger partial charge in [0.1, 0.15) is 11.5 Å². The van der Waals surface area contributed by atoms with Gasteiger partial charge >= 0.3 is 0 Å². The van der Waals surface area contributed by atoms with Gasteiger partial charge in [0, 0.05) is 29.1 Å². The quantitative estimate of drug-likeness (QED) is 0.851. The summed E-state index contributed by atoms with van der Waals surface area (Å²) in [5, 5.41) is 3.22. The highest BCUT2D eigenvalue weighted by molar-refractivity contribution is 6.32. The minimum atomic E-state index is -0.301. The lowest BCUT2D eigenvalue weighted by atomic mass is 10.1. The van der Waals surface area contributed by atoms with Crippen molar-refractivity contribution < 1.29 is 14.3 Å². The Morgan fingerprint density at radius 2 is 1.90 bits per heavy atom. The summed E-state index contributed by atoms with van der Waals surface area (Å²) in [5.74, 6) is 0.707. The van der Waals surface area contributed by atoms with Crippen molar-refractivity contribution in [1.29, 1.82) is 0 Å². The van der Waals surface area contributed by atoms with E-state index in [1.54, 1.807) is 36.4 Å². The second-order valence-electron chi connectivity index (χ2n) is 4.30. The van der Waals surface area contributed by atoms with Gasteiger partial charge in [-0.1, -0.05) is 11.6 Å². The molecule has 1 amide bonds. The van der Waals surface area contributed by atoms with Crippen LogP contribution in [0.2, 0.25) is 5.02 Å². The van der Waals surface area contributed by atoms with Crippen LogP contribution in [-0.4, -0.2) is 20.1 Å². The number of halogens is 1. The Morgan fingerprint density at radius 1 is 1.14 bits per heavy atom. The number of hydrogen-bond donors (Lipinski definition) is 2. The molecule has 5 nitrogen and oxygen atoms in total. The molecule has 2 aromatic carbocycles. The van der Waals surface area contributed by atoms with E-state index >= 15 is 0 Å². The van der Waals surface area contributed by atoms with Gasteiger partial charge in [0.25, 0.3) is 5.91 Å². The molecule has 3 N–H and O–H groups in total. The van der Waals surface area contributed by atoms with E-state index in [0.717, 1.165) is 0 Å². The first kappa shape index (κ1) is 15.0. The molecule has 110 valence electrons. The molecule has 0 aliphatic heterocycles. The van der Waals surface area contributed by atoms with Crippen LogP contribution in [0.1, 0.15) is 10.4 Å². The van der Waals surface area contributed by atoms with E-state index in [1.807, 2.05) is 0 Å². The van der Waals surface area contributed by atoms with Crippen LogP contribution in [0.3, 0.4) is 0 Å². The molecular weight excluding hydrogens is 292 g/mol. The highest BCUT2D eigenvalue weighted by Crippen LogP contribution is 2.28. The van der Waals surface area contributed by atoms with Crippen molar-refractivity contribution in [3.8, 4) is 11.5 Å². The van der Waals surface area contributed by atoms with Crippen LogP contribution in [0.4, 0.5) is 11.4 Å². The Hall–Kier alpha value is -2.40. The van der Waals surface area contributed by atoms with Crippen molar-refractivity contribution in [2.24, 2.45) is 0 Å². The predicted molar refractivity (Wildman–Crippen MR) is 83.4 cm³/mol. The fourth-order valence-electron chi connectivity index (χ4n) is 1.81. The monoisotopic (exact) mass is 306 g/mol. The third-order valence-corrected chi connectivity index (χ3v) is 3.15. The first-order valence-corrected chi connectivity index (χ1v) is 6.50. The first-order chi connectivity index (χ1) is 10.0. The molecule has 6 heteroatoms. The van der Waals surface area contributed by atoms with Gasteiger partial charge in [-0.05, 0) is 24.3 Å². The average Bonchev–Trinajstić information content (AvgIpc) is 2.48. The molecule has 2 aromatic rings. The zero-order chi connectivity index (χ0) is 15.4. The lowest BCUT2D eigenvalue weighted by Gasteiger charge is -2.10. The summed E-state index contributed by atoms with van der Waals surface area (Å²) >= 11 is 5.94. The SMILES string of the molecule is COc1cc(N)cc(C(=O)Nc2ccc(Cl)c(OC)c2)c1. The number of nitrogens with one attached hydrogen (secondary N) is 1. The van der Waals surface area contributed by atoms with Crippen LogP contribution in [0, 0.1) is 0 Å². The van der Waals surface area contributed by atoms with Crippen LogP contribution in [0.15, 0.2) is 36.4 Å². The maximum atomic E-state index is 12.2. The smallest absolute Gasteiger partial charge is 0.255 e. The summed E-state index contributed by atoms with van der Waals surface area (Å²) in [6, 6.07) is 9.80. The van der Waals surface area contributed by atoms with Gasteiger partial charge in [-0.25, -0.2) is 0 Å². The van der Waals surface area contributed by atoms with Gasteiger partial charge in [0.2, 0.25) is 0 Å². The number of anilines is 2. The van der Waals surface area contributed by atoms with Crippen molar-refractivity contribution in [2.75, 3.05) is 25.3 Å². The van der Waals surface area contributed by atoms with E-state index in [-0.39, 0.29) is 5.91 Å². The summed E-state index contributed by atoms with van der Waals surface area (Å²) in [6.07, 6.45) is 0. The number of benzene rings is 2. The molecule has 0 fully saturated rings. The zero-order valence-electron chi connectivity index (χ0n) is 11.6. The average molecular weight is 307 g/mol. The summed E-state index contributed by atoms with van der Waals surface area (Å²) in [4.78, 5) is 12.2. The topological polar surface area (TPSA) is 73.6 Å². The second kappa shape index (κ2) is 6.37. The highest BCUT2D eigenvalue weighted by atomic mass is 35.5. The third kappa shape index (κ3) is 3.58. The van der Waals surface area contributed by atoms with Crippen LogP contribution in [0.25, 0.3) is 0 Å². The molecular formula is C15H15ClN2O3. The van der Waals surface area contributed by atoms with Crippen molar-refractivity contribution in [3.05, 3.63) is 47.0 Å². The molecule has 0 unspecified atom stereocenters. The van der Waals surface area contributed by atoms with Crippen LogP contribution in [0.5, 0.6) is 11.5 Å². The first-order valence-electron chi connectivity index (χ1n) is 6.13. The zero-order valence-corrected chi connectivity index (χ0v) is 12.4. The molecule has 2 rings (SSSR count). The van der Waals surface area contributed by atoms with E-state index in [2.05, 4.69) is 5.32 Å². The molecule has 21 heavy (non-hydrogen) atoms. The number of nitrogens with two attached hydrogens (primary N) is 1. The van der Waals surface area contributed by atoms with Crippen molar-refractivity contribution in [2.45, 2.75) is 0 Å². The Balaban J connectivity index is 2.23. The van der Waals surface area contributed by atoms with Crippen molar-refractivity contribution >= 4 is 28.9 Å². The number of amides is 1. The molecule has 0 aliphatic carbocycles. The van der Waals surface area contributed by atoms with Gasteiger partial charge in [-0.15, -0.1) is 0 Å². The van der Waals surface area contributed by atoms with Crippen molar-refractivity contribution in [3.63, 3.8) is 0 Å². The Morgan fingerprint density at radius 3 is 2.57 bits per heavy atom. The Kier molecular flexibility index (Phi) is 4.55. The van der Waals surface area contributed by atoms with Gasteiger partial charge in [0.15, 0.2) is 0 Å². The molecule has 0 atom stereocenters. The standard InChI is InChI=1S/C15H15ClN2O3/c1-20-12-6-9(5-10(17)7-12)15(19)18-11-3-4-13(16)14(8-11)21-2/h3-8H,17H2,1-2H3,(H,18,19). The molecule has 0 bridgehead atoms. The van der Waals surface area contributed by atoms with E-state index in [9.17, 15) is 4.79 Å². The third-order valence-electron chi connectivity index (χ3n) is 2.84. The maximum absolute atomic E-state index is 12.2. The largest absolute Gasteiger partial charge is 0.497 e. The van der Waals surface area contributed by atoms with Gasteiger partial charge in [-0.2, -0.15) is 0 Å². The van der Waals surface area contributed by atoms with Gasteiger partial charge in [-0.3, -0.25) is 4.79 Å². The number of hydrogen-bond acceptors (Lipinski definition) is 4. The summed E-state index contributed by atoms with van der Waals surface area (Å²) in [6.45, 7) is 0. The number of rotatable bonds is 4. The van der Waals surface area contributed by atoms with E-state index in [4.69, 9.17) is 26.8 Å². The maximum Gasteiger partial charge on any atom is 0.255 e. The minimum absolute atomic E-state index is 0.301. The number of nitrogen functional groups attached to an aromatic ring is 1. The van der Waals surface area contributed by atoms with Crippen LogP contribution in [-0.2, 0) is 0 Å². The molecule has 0 aliphatic rings. The molecule has 0 aromatic heterocycles. The Bertz CT molecular complexity index is 674. The number of methoxy groups -OCH3 is 2. The minimum Gasteiger partial charge on any atom is -0.497 e. The fourth-order valence-corrected chi connectivity index (χ4v) is 2.01. The number of carbonyl (C=O) groups is 1. The van der Waals surface area contributed by atoms with Crippen LogP contribution >= 0.6 is 11.6 Å². The Labute approximate surface area is 127 Å². The van der Waals surface area contributed by atoms with Gasteiger partial charge < -0.3 is 20.5 Å². The van der Waals surface area contributed by atoms with Gasteiger partial charge in [0.05, 0.1) is 19.2 Å². The molecule has 0 heterocycles. The fraction of sp³-hybridized carbons (Fsp3) is 0.133. The number of carbonyl (C=O) groups excluding carboxylic acids is 1. The summed E-state index contributed by atoms with van der Waals surface area (Å²) in [7, 11) is 3.02.